The number of unbranched alkanes of at least 4 members (excludes halogenated alkanes) is 1. The number of aromatic nitrogens is 2. The summed E-state index contributed by atoms with van der Waals surface area (Å²) in [6.07, 6.45) is 2.27. The number of benzene rings is 2. The largest absolute Gasteiger partial charge is 0.457 e. The van der Waals surface area contributed by atoms with Crippen LogP contribution in [-0.2, 0) is 0 Å². The van der Waals surface area contributed by atoms with Crippen LogP contribution in [0.25, 0.3) is 0 Å². The maximum absolute atomic E-state index is 5.81. The minimum Gasteiger partial charge on any atom is -0.457 e. The van der Waals surface area contributed by atoms with Crippen molar-refractivity contribution in [3.05, 3.63) is 66.5 Å². The Hall–Kier alpha value is -3.08. The van der Waals surface area contributed by atoms with Crippen molar-refractivity contribution < 1.29 is 4.74 Å². The van der Waals surface area contributed by atoms with E-state index in [9.17, 15) is 0 Å². The molecule has 0 amide bonds. The average molecular weight is 348 g/mol. The number of nitrogens with zero attached hydrogens (tertiary/aromatic N) is 2. The number of hydrogen-bond acceptors (Lipinski definition) is 5. The summed E-state index contributed by atoms with van der Waals surface area (Å²) in [6.45, 7) is 4.98. The Bertz CT molecular complexity index is 819. The van der Waals surface area contributed by atoms with Crippen molar-refractivity contribution in [1.29, 1.82) is 0 Å². The maximum Gasteiger partial charge on any atom is 0.136 e. The lowest BCUT2D eigenvalue weighted by atomic mass is 10.3. The molecular weight excluding hydrogens is 324 g/mol. The van der Waals surface area contributed by atoms with Gasteiger partial charge in [-0.2, -0.15) is 0 Å². The molecular formula is C21H24N4O. The highest BCUT2D eigenvalue weighted by Crippen LogP contribution is 2.24. The summed E-state index contributed by atoms with van der Waals surface area (Å²) >= 11 is 0. The summed E-state index contributed by atoms with van der Waals surface area (Å²) in [7, 11) is 0. The molecule has 0 saturated carbocycles. The van der Waals surface area contributed by atoms with Crippen LogP contribution in [-0.4, -0.2) is 16.5 Å². The standard InChI is InChI=1S/C21H24N4O/c1-3-4-14-22-20-15-21(24-16(2)23-20)25-17-10-12-19(13-11-17)26-18-8-6-5-7-9-18/h5-13,15H,3-4,14H2,1-2H3,(H2,22,23,24,25). The minimum atomic E-state index is 0.734. The highest BCUT2D eigenvalue weighted by Gasteiger charge is 2.03. The first-order valence-electron chi connectivity index (χ1n) is 8.92. The topological polar surface area (TPSA) is 59.1 Å². The SMILES string of the molecule is CCCCNc1cc(Nc2ccc(Oc3ccccc3)cc2)nc(C)n1. The van der Waals surface area contributed by atoms with E-state index in [1.807, 2.05) is 67.6 Å². The molecule has 26 heavy (non-hydrogen) atoms. The number of aryl methyl sites for hydroxylation is 1. The van der Waals surface area contributed by atoms with Crippen molar-refractivity contribution in [3.63, 3.8) is 0 Å². The molecule has 0 fully saturated rings. The molecule has 0 unspecified atom stereocenters. The van der Waals surface area contributed by atoms with Gasteiger partial charge in [-0.25, -0.2) is 9.97 Å². The van der Waals surface area contributed by atoms with Gasteiger partial charge in [-0.3, -0.25) is 0 Å². The van der Waals surface area contributed by atoms with Crippen LogP contribution in [0, 0.1) is 6.92 Å². The van der Waals surface area contributed by atoms with Gasteiger partial charge in [-0.1, -0.05) is 31.5 Å². The quantitative estimate of drug-likeness (QED) is 0.524. The second-order valence-electron chi connectivity index (χ2n) is 6.03. The lowest BCUT2D eigenvalue weighted by Crippen LogP contribution is -2.06. The van der Waals surface area contributed by atoms with Crippen LogP contribution >= 0.6 is 0 Å². The monoisotopic (exact) mass is 348 g/mol. The van der Waals surface area contributed by atoms with Crippen molar-refractivity contribution in [1.82, 2.24) is 9.97 Å². The van der Waals surface area contributed by atoms with E-state index >= 15 is 0 Å². The molecule has 5 nitrogen and oxygen atoms in total. The lowest BCUT2D eigenvalue weighted by molar-refractivity contribution is 0.483. The van der Waals surface area contributed by atoms with Gasteiger partial charge in [0.15, 0.2) is 0 Å². The zero-order valence-electron chi connectivity index (χ0n) is 15.2. The molecule has 0 aliphatic heterocycles. The molecule has 0 spiro atoms. The third-order valence-electron chi connectivity index (χ3n) is 3.78. The molecule has 1 heterocycles. The molecule has 5 heteroatoms. The van der Waals surface area contributed by atoms with E-state index in [4.69, 9.17) is 4.74 Å². The molecule has 2 N–H and O–H groups in total. The van der Waals surface area contributed by atoms with Crippen LogP contribution in [0.3, 0.4) is 0 Å². The second kappa shape index (κ2) is 8.85. The van der Waals surface area contributed by atoms with Gasteiger partial charge in [0, 0.05) is 18.3 Å². The number of rotatable bonds is 8. The van der Waals surface area contributed by atoms with Gasteiger partial charge < -0.3 is 15.4 Å². The van der Waals surface area contributed by atoms with Crippen molar-refractivity contribution in [3.8, 4) is 11.5 Å². The Morgan fingerprint density at radius 2 is 1.58 bits per heavy atom. The fourth-order valence-electron chi connectivity index (χ4n) is 2.49. The molecule has 0 atom stereocenters. The van der Waals surface area contributed by atoms with Crippen LogP contribution in [0.15, 0.2) is 60.7 Å². The molecule has 0 saturated heterocycles. The van der Waals surface area contributed by atoms with Crippen molar-refractivity contribution in [2.45, 2.75) is 26.7 Å². The smallest absolute Gasteiger partial charge is 0.136 e. The van der Waals surface area contributed by atoms with E-state index < -0.39 is 0 Å². The first-order valence-corrected chi connectivity index (χ1v) is 8.92. The Kier molecular flexibility index (Phi) is 6.04. The first kappa shape index (κ1) is 17.7. The van der Waals surface area contributed by atoms with E-state index in [-0.39, 0.29) is 0 Å². The van der Waals surface area contributed by atoms with Gasteiger partial charge in [-0.15, -0.1) is 0 Å². The van der Waals surface area contributed by atoms with Crippen LogP contribution < -0.4 is 15.4 Å². The second-order valence-corrected chi connectivity index (χ2v) is 6.03. The van der Waals surface area contributed by atoms with E-state index in [1.165, 1.54) is 0 Å². The first-order chi connectivity index (χ1) is 12.7. The third-order valence-corrected chi connectivity index (χ3v) is 3.78. The third kappa shape index (κ3) is 5.21. The fourth-order valence-corrected chi connectivity index (χ4v) is 2.49. The predicted octanol–water partition coefficient (Wildman–Crippen LogP) is 5.53. The van der Waals surface area contributed by atoms with E-state index in [0.717, 1.165) is 54.0 Å². The van der Waals surface area contributed by atoms with Gasteiger partial charge >= 0.3 is 0 Å². The summed E-state index contributed by atoms with van der Waals surface area (Å²) in [5.74, 6) is 3.97. The molecule has 134 valence electrons. The Balaban J connectivity index is 1.65. The maximum atomic E-state index is 5.81. The predicted molar refractivity (Wildman–Crippen MR) is 106 cm³/mol. The molecule has 0 aliphatic carbocycles. The van der Waals surface area contributed by atoms with Gasteiger partial charge in [0.05, 0.1) is 0 Å². The number of anilines is 3. The van der Waals surface area contributed by atoms with Crippen LogP contribution in [0.1, 0.15) is 25.6 Å². The molecule has 0 bridgehead atoms. The summed E-state index contributed by atoms with van der Waals surface area (Å²) in [5.41, 5.74) is 0.947. The Labute approximate surface area is 154 Å². The van der Waals surface area contributed by atoms with E-state index in [2.05, 4.69) is 27.5 Å². The summed E-state index contributed by atoms with van der Waals surface area (Å²) in [4.78, 5) is 8.88. The van der Waals surface area contributed by atoms with Gasteiger partial charge in [0.1, 0.15) is 29.0 Å². The fraction of sp³-hybridized carbons (Fsp3) is 0.238. The molecule has 1 aromatic heterocycles. The number of ether oxygens (including phenoxy) is 1. The zero-order chi connectivity index (χ0) is 18.2. The van der Waals surface area contributed by atoms with Gasteiger partial charge in [0.2, 0.25) is 0 Å². The van der Waals surface area contributed by atoms with Crippen molar-refractivity contribution >= 4 is 17.3 Å². The number of nitrogens with one attached hydrogen (secondary N) is 2. The van der Waals surface area contributed by atoms with Crippen molar-refractivity contribution in [2.24, 2.45) is 0 Å². The Morgan fingerprint density at radius 3 is 2.31 bits per heavy atom. The lowest BCUT2D eigenvalue weighted by Gasteiger charge is -2.11. The van der Waals surface area contributed by atoms with Crippen LogP contribution in [0.2, 0.25) is 0 Å². The molecule has 0 radical (unpaired) electrons. The Morgan fingerprint density at radius 1 is 0.885 bits per heavy atom. The number of para-hydroxylation sites is 1. The van der Waals surface area contributed by atoms with Gasteiger partial charge in [-0.05, 0) is 49.7 Å². The highest BCUT2D eigenvalue weighted by molar-refractivity contribution is 5.60. The zero-order valence-corrected chi connectivity index (χ0v) is 15.2. The average Bonchev–Trinajstić information content (AvgIpc) is 2.64. The summed E-state index contributed by atoms with van der Waals surface area (Å²) in [5, 5.41) is 6.66. The van der Waals surface area contributed by atoms with E-state index in [0.29, 0.717) is 0 Å². The summed E-state index contributed by atoms with van der Waals surface area (Å²) in [6, 6.07) is 19.5. The molecule has 3 rings (SSSR count). The molecule has 3 aromatic rings. The summed E-state index contributed by atoms with van der Waals surface area (Å²) < 4.78 is 5.81. The van der Waals surface area contributed by atoms with Crippen LogP contribution in [0.4, 0.5) is 17.3 Å². The van der Waals surface area contributed by atoms with Crippen molar-refractivity contribution in [2.75, 3.05) is 17.2 Å². The van der Waals surface area contributed by atoms with Crippen LogP contribution in [0.5, 0.6) is 11.5 Å². The highest BCUT2D eigenvalue weighted by atomic mass is 16.5. The minimum absolute atomic E-state index is 0.734. The van der Waals surface area contributed by atoms with Gasteiger partial charge in [0.25, 0.3) is 0 Å². The normalized spacial score (nSPS) is 10.4. The molecule has 0 aliphatic rings. The number of hydrogen-bond donors (Lipinski definition) is 2. The van der Waals surface area contributed by atoms with E-state index in [1.54, 1.807) is 0 Å². The molecule has 2 aromatic carbocycles.